The number of amides is 1. The van der Waals surface area contributed by atoms with E-state index in [-0.39, 0.29) is 18.2 Å². The van der Waals surface area contributed by atoms with Gasteiger partial charge in [0.2, 0.25) is 5.91 Å². The molecule has 30 heavy (non-hydrogen) atoms. The van der Waals surface area contributed by atoms with Crippen LogP contribution in [0.15, 0.2) is 24.3 Å². The molecule has 1 aliphatic rings. The van der Waals surface area contributed by atoms with Crippen LogP contribution in [0, 0.1) is 29.8 Å². The number of benzene rings is 2. The summed E-state index contributed by atoms with van der Waals surface area (Å²) in [5.74, 6) is -4.01. The lowest BCUT2D eigenvalue weighted by atomic mass is 9.85. The van der Waals surface area contributed by atoms with Gasteiger partial charge in [-0.25, -0.2) is 18.2 Å². The van der Waals surface area contributed by atoms with E-state index in [0.717, 1.165) is 4.90 Å². The van der Waals surface area contributed by atoms with Crippen LogP contribution in [0.4, 0.5) is 13.2 Å². The first-order chi connectivity index (χ1) is 14.0. The number of guanidine groups is 1. The number of nitrogens with one attached hydrogen (secondary N) is 2. The number of imidazole rings is 1. The minimum Gasteiger partial charge on any atom is -0.346 e. The molecule has 2 heterocycles. The molecule has 0 spiro atoms. The van der Waals surface area contributed by atoms with Crippen LogP contribution >= 0.6 is 11.6 Å². The van der Waals surface area contributed by atoms with Gasteiger partial charge in [0.15, 0.2) is 17.6 Å². The monoisotopic (exact) mass is 435 g/mol. The minimum absolute atomic E-state index is 0.271. The minimum atomic E-state index is -1.58. The van der Waals surface area contributed by atoms with Gasteiger partial charge in [-0.05, 0) is 32.0 Å². The molecule has 1 aliphatic heterocycles. The van der Waals surface area contributed by atoms with Crippen LogP contribution in [0.2, 0.25) is 5.02 Å². The smallest absolute Gasteiger partial charge is 0.231 e. The highest BCUT2D eigenvalue weighted by Gasteiger charge is 2.43. The summed E-state index contributed by atoms with van der Waals surface area (Å²) >= 11 is 6.05. The predicted octanol–water partition coefficient (Wildman–Crippen LogP) is 4.01. The Morgan fingerprint density at radius 3 is 2.60 bits per heavy atom. The second kappa shape index (κ2) is 6.73. The molecule has 2 N–H and O–H groups in total. The van der Waals surface area contributed by atoms with Gasteiger partial charge < -0.3 is 5.32 Å². The molecular weight excluding hydrogens is 419 g/mol. The third kappa shape index (κ3) is 2.92. The van der Waals surface area contributed by atoms with Crippen LogP contribution in [-0.2, 0) is 10.3 Å². The van der Waals surface area contributed by atoms with Crippen LogP contribution in [0.5, 0.6) is 0 Å². The standard InChI is InChI=1S/C20H17ClF3N5O/c1-9-26-13-5-4-10(21)6-14(13)29(9)18-12(23)7-11(22)16(17(18)24)20(2)8-15(30)28(3)19(25)27-20/h4-7H,8H2,1-3H3,(H2,25,27)/t20-/m0/s1. The van der Waals surface area contributed by atoms with Gasteiger partial charge in [-0.1, -0.05) is 11.6 Å². The number of fused-ring (bicyclic) bond motifs is 1. The van der Waals surface area contributed by atoms with Gasteiger partial charge >= 0.3 is 0 Å². The third-order valence-electron chi connectivity index (χ3n) is 5.31. The highest BCUT2D eigenvalue weighted by atomic mass is 35.5. The van der Waals surface area contributed by atoms with Crippen molar-refractivity contribution < 1.29 is 18.0 Å². The molecule has 1 saturated heterocycles. The normalized spacial score (nSPS) is 19.5. The van der Waals surface area contributed by atoms with Gasteiger partial charge in [-0.15, -0.1) is 0 Å². The fourth-order valence-electron chi connectivity index (χ4n) is 3.83. The van der Waals surface area contributed by atoms with Crippen LogP contribution in [0.25, 0.3) is 16.7 Å². The molecule has 3 aromatic rings. The average molecular weight is 436 g/mol. The van der Waals surface area contributed by atoms with Crippen molar-refractivity contribution in [3.05, 3.63) is 58.1 Å². The van der Waals surface area contributed by atoms with Crippen LogP contribution < -0.4 is 5.32 Å². The summed E-state index contributed by atoms with van der Waals surface area (Å²) in [5, 5.41) is 10.9. The number of carbonyl (C=O) groups is 1. The Bertz CT molecular complexity index is 1220. The molecule has 1 amide bonds. The Morgan fingerprint density at radius 2 is 1.93 bits per heavy atom. The molecule has 156 valence electrons. The van der Waals surface area contributed by atoms with Gasteiger partial charge in [0.05, 0.1) is 28.6 Å². The van der Waals surface area contributed by atoms with Gasteiger partial charge in [-0.2, -0.15) is 0 Å². The summed E-state index contributed by atoms with van der Waals surface area (Å²) in [6, 6.07) is 5.29. The first-order valence-corrected chi connectivity index (χ1v) is 9.37. The van der Waals surface area contributed by atoms with Crippen molar-refractivity contribution in [1.82, 2.24) is 19.8 Å². The van der Waals surface area contributed by atoms with Crippen molar-refractivity contribution in [2.24, 2.45) is 0 Å². The highest BCUT2D eigenvalue weighted by Crippen LogP contribution is 2.37. The lowest BCUT2D eigenvalue weighted by Gasteiger charge is -2.40. The summed E-state index contributed by atoms with van der Waals surface area (Å²) in [6.07, 6.45) is -0.319. The van der Waals surface area contributed by atoms with Gasteiger partial charge in [0.25, 0.3) is 0 Å². The maximum atomic E-state index is 15.7. The first-order valence-electron chi connectivity index (χ1n) is 9.00. The summed E-state index contributed by atoms with van der Waals surface area (Å²) < 4.78 is 46.7. The third-order valence-corrected chi connectivity index (χ3v) is 5.55. The number of carbonyl (C=O) groups excluding carboxylic acids is 1. The molecule has 1 aromatic heterocycles. The summed E-state index contributed by atoms with van der Waals surface area (Å²) in [5.41, 5.74) is -1.84. The Hall–Kier alpha value is -3.07. The predicted molar refractivity (Wildman–Crippen MR) is 106 cm³/mol. The van der Waals surface area contributed by atoms with Crippen molar-refractivity contribution in [3.8, 4) is 5.69 Å². The molecule has 10 heteroatoms. The summed E-state index contributed by atoms with van der Waals surface area (Å²) in [7, 11) is 1.38. The van der Waals surface area contributed by atoms with Crippen molar-refractivity contribution in [1.29, 1.82) is 5.41 Å². The SMILES string of the molecule is Cc1nc2ccc(Cl)cc2n1-c1c(F)cc(F)c([C@]2(C)CC(=O)N(C)C(=N)N2)c1F. The zero-order chi connectivity index (χ0) is 22.0. The number of aromatic nitrogens is 2. The number of halogens is 4. The summed E-state index contributed by atoms with van der Waals surface area (Å²) in [4.78, 5) is 17.6. The Morgan fingerprint density at radius 1 is 1.23 bits per heavy atom. The molecule has 0 saturated carbocycles. The van der Waals surface area contributed by atoms with Crippen molar-refractivity contribution in [2.45, 2.75) is 25.8 Å². The lowest BCUT2D eigenvalue weighted by molar-refractivity contribution is -0.129. The second-order valence-corrected chi connectivity index (χ2v) is 7.88. The second-order valence-electron chi connectivity index (χ2n) is 7.44. The van der Waals surface area contributed by atoms with E-state index in [1.807, 2.05) is 0 Å². The average Bonchev–Trinajstić information content (AvgIpc) is 2.94. The molecule has 1 atom stereocenters. The highest BCUT2D eigenvalue weighted by molar-refractivity contribution is 6.31. The maximum absolute atomic E-state index is 15.7. The van der Waals surface area contributed by atoms with Crippen LogP contribution in [0.3, 0.4) is 0 Å². The molecule has 1 fully saturated rings. The number of nitrogens with zero attached hydrogens (tertiary/aromatic N) is 3. The molecule has 2 aromatic carbocycles. The fourth-order valence-corrected chi connectivity index (χ4v) is 3.99. The van der Waals surface area contributed by atoms with Crippen molar-refractivity contribution >= 4 is 34.5 Å². The summed E-state index contributed by atoms with van der Waals surface area (Å²) in [6.45, 7) is 2.95. The zero-order valence-electron chi connectivity index (χ0n) is 16.3. The Kier molecular flexibility index (Phi) is 4.54. The van der Waals surface area contributed by atoms with Crippen molar-refractivity contribution in [3.63, 3.8) is 0 Å². The zero-order valence-corrected chi connectivity index (χ0v) is 17.0. The molecule has 0 aliphatic carbocycles. The Balaban J connectivity index is 2.00. The van der Waals surface area contributed by atoms with E-state index >= 15 is 4.39 Å². The van der Waals surface area contributed by atoms with Gasteiger partial charge in [-0.3, -0.25) is 19.7 Å². The largest absolute Gasteiger partial charge is 0.346 e. The van der Waals surface area contributed by atoms with E-state index in [1.54, 1.807) is 19.1 Å². The molecule has 0 radical (unpaired) electrons. The van der Waals surface area contributed by atoms with E-state index in [9.17, 15) is 13.6 Å². The number of hydrogen-bond acceptors (Lipinski definition) is 3. The Labute approximate surface area is 174 Å². The van der Waals surface area contributed by atoms with Crippen LogP contribution in [0.1, 0.15) is 24.7 Å². The maximum Gasteiger partial charge on any atom is 0.231 e. The molecule has 4 rings (SSSR count). The van der Waals surface area contributed by atoms with Gasteiger partial charge in [0.1, 0.15) is 17.3 Å². The van der Waals surface area contributed by atoms with Crippen LogP contribution in [-0.4, -0.2) is 33.4 Å². The number of aryl methyl sites for hydroxylation is 1. The lowest BCUT2D eigenvalue weighted by Crippen LogP contribution is -2.58. The molecule has 0 unspecified atom stereocenters. The number of rotatable bonds is 2. The molecule has 6 nitrogen and oxygen atoms in total. The van der Waals surface area contributed by atoms with E-state index in [1.165, 1.54) is 24.6 Å². The van der Waals surface area contributed by atoms with E-state index in [4.69, 9.17) is 17.0 Å². The molecule has 0 bridgehead atoms. The quantitative estimate of drug-likeness (QED) is 0.639. The van der Waals surface area contributed by atoms with E-state index in [2.05, 4.69) is 10.3 Å². The van der Waals surface area contributed by atoms with Crippen molar-refractivity contribution in [2.75, 3.05) is 7.05 Å². The van der Waals surface area contributed by atoms with Gasteiger partial charge in [0, 0.05) is 18.1 Å². The van der Waals surface area contributed by atoms with E-state index < -0.39 is 40.1 Å². The van der Waals surface area contributed by atoms with E-state index in [0.29, 0.717) is 22.1 Å². The number of hydrogen-bond donors (Lipinski definition) is 2. The molecular formula is C20H17ClF3N5O. The first kappa shape index (κ1) is 20.2. The fraction of sp³-hybridized carbons (Fsp3) is 0.250. The topological polar surface area (TPSA) is 74.0 Å².